The quantitative estimate of drug-likeness (QED) is 0.711. The van der Waals surface area contributed by atoms with Gasteiger partial charge in [-0.15, -0.1) is 0 Å². The van der Waals surface area contributed by atoms with Crippen LogP contribution in [0.3, 0.4) is 0 Å². The number of carbonyl (C=O) groups is 2. The Balaban J connectivity index is 2.51. The van der Waals surface area contributed by atoms with E-state index in [1.807, 2.05) is 44.2 Å². The Bertz CT molecular complexity index is 476. The van der Waals surface area contributed by atoms with E-state index in [0.717, 1.165) is 5.56 Å². The molecule has 1 aromatic carbocycles. The van der Waals surface area contributed by atoms with Crippen LogP contribution in [0.5, 0.6) is 0 Å². The number of hydrogen-bond acceptors (Lipinski definition) is 4. The van der Waals surface area contributed by atoms with Gasteiger partial charge in [0.25, 0.3) is 0 Å². The van der Waals surface area contributed by atoms with Crippen molar-refractivity contribution in [3.63, 3.8) is 0 Å². The monoisotopic (exact) mass is 308 g/mol. The summed E-state index contributed by atoms with van der Waals surface area (Å²) in [5, 5.41) is 14.2. The van der Waals surface area contributed by atoms with Crippen molar-refractivity contribution in [3.8, 4) is 0 Å². The Morgan fingerprint density at radius 3 is 2.32 bits per heavy atom. The molecule has 2 atom stereocenters. The number of aliphatic hydroxyl groups is 1. The highest BCUT2D eigenvalue weighted by Gasteiger charge is 2.25. The van der Waals surface area contributed by atoms with Crippen molar-refractivity contribution in [3.05, 3.63) is 35.9 Å². The summed E-state index contributed by atoms with van der Waals surface area (Å²) < 4.78 is 5.11. The van der Waals surface area contributed by atoms with E-state index in [2.05, 4.69) is 10.6 Å². The molecule has 22 heavy (non-hydrogen) atoms. The standard InChI is InChI=1S/C16H24N2O4/c1-11(2)14(15(20)17-12(3)9-19)18-16(21)22-10-13-7-5-4-6-8-13/h4-8,11-12,14,19H,9-10H2,1-3H3,(H,17,20)(H,18,21)/t12-,14+/m1/s1. The lowest BCUT2D eigenvalue weighted by atomic mass is 10.0. The number of nitrogens with one attached hydrogen (secondary N) is 2. The molecule has 6 nitrogen and oxygen atoms in total. The molecule has 0 radical (unpaired) electrons. The van der Waals surface area contributed by atoms with Crippen molar-refractivity contribution >= 4 is 12.0 Å². The summed E-state index contributed by atoms with van der Waals surface area (Å²) in [5.74, 6) is -0.441. The van der Waals surface area contributed by atoms with Crippen LogP contribution in [0.2, 0.25) is 0 Å². The number of aliphatic hydroxyl groups excluding tert-OH is 1. The molecule has 0 saturated carbocycles. The summed E-state index contributed by atoms with van der Waals surface area (Å²) in [6.45, 7) is 5.32. The molecule has 122 valence electrons. The minimum atomic E-state index is -0.711. The third-order valence-corrected chi connectivity index (χ3v) is 3.10. The zero-order valence-electron chi connectivity index (χ0n) is 13.2. The topological polar surface area (TPSA) is 87.7 Å². The first-order valence-corrected chi connectivity index (χ1v) is 7.32. The third kappa shape index (κ3) is 6.13. The lowest BCUT2D eigenvalue weighted by Crippen LogP contribution is -2.52. The van der Waals surface area contributed by atoms with Crippen molar-refractivity contribution in [2.75, 3.05) is 6.61 Å². The summed E-state index contributed by atoms with van der Waals surface area (Å²) in [5.41, 5.74) is 0.872. The van der Waals surface area contributed by atoms with Gasteiger partial charge in [0.2, 0.25) is 5.91 Å². The molecule has 0 heterocycles. The number of benzene rings is 1. The number of amides is 2. The molecule has 0 fully saturated rings. The van der Waals surface area contributed by atoms with Crippen LogP contribution in [0.25, 0.3) is 0 Å². The molecule has 1 aromatic rings. The lowest BCUT2D eigenvalue weighted by molar-refractivity contribution is -0.124. The largest absolute Gasteiger partial charge is 0.445 e. The summed E-state index contributed by atoms with van der Waals surface area (Å²) in [7, 11) is 0. The van der Waals surface area contributed by atoms with E-state index in [0.29, 0.717) is 0 Å². The molecule has 0 unspecified atom stereocenters. The van der Waals surface area contributed by atoms with E-state index in [4.69, 9.17) is 9.84 Å². The average molecular weight is 308 g/mol. The maximum Gasteiger partial charge on any atom is 0.408 e. The molecule has 0 aromatic heterocycles. The van der Waals surface area contributed by atoms with Crippen molar-refractivity contribution < 1.29 is 19.4 Å². The fraction of sp³-hybridized carbons (Fsp3) is 0.500. The minimum Gasteiger partial charge on any atom is -0.445 e. The first-order valence-electron chi connectivity index (χ1n) is 7.32. The van der Waals surface area contributed by atoms with Gasteiger partial charge in [0.05, 0.1) is 6.61 Å². The molecular formula is C16H24N2O4. The molecule has 0 aliphatic carbocycles. The highest BCUT2D eigenvalue weighted by molar-refractivity contribution is 5.86. The van der Waals surface area contributed by atoms with Crippen LogP contribution in [-0.2, 0) is 16.1 Å². The second kappa shape index (κ2) is 9.04. The second-order valence-electron chi connectivity index (χ2n) is 5.52. The summed E-state index contributed by atoms with van der Waals surface area (Å²) >= 11 is 0. The van der Waals surface area contributed by atoms with Crippen LogP contribution < -0.4 is 10.6 Å². The Morgan fingerprint density at radius 2 is 1.77 bits per heavy atom. The van der Waals surface area contributed by atoms with Crippen molar-refractivity contribution in [2.24, 2.45) is 5.92 Å². The molecule has 0 bridgehead atoms. The van der Waals surface area contributed by atoms with E-state index in [9.17, 15) is 9.59 Å². The van der Waals surface area contributed by atoms with Crippen molar-refractivity contribution in [1.82, 2.24) is 10.6 Å². The minimum absolute atomic E-state index is 0.102. The van der Waals surface area contributed by atoms with Gasteiger partial charge in [-0.2, -0.15) is 0 Å². The van der Waals surface area contributed by atoms with Gasteiger partial charge in [-0.25, -0.2) is 4.79 Å². The zero-order valence-corrected chi connectivity index (χ0v) is 13.2. The molecular weight excluding hydrogens is 284 g/mol. The van der Waals surface area contributed by atoms with Crippen molar-refractivity contribution in [2.45, 2.75) is 39.5 Å². The van der Waals surface area contributed by atoms with E-state index in [-0.39, 0.29) is 31.1 Å². The number of carbonyl (C=O) groups excluding carboxylic acids is 2. The third-order valence-electron chi connectivity index (χ3n) is 3.10. The Kier molecular flexibility index (Phi) is 7.39. The summed E-state index contributed by atoms with van der Waals surface area (Å²) in [6, 6.07) is 8.22. The van der Waals surface area contributed by atoms with E-state index >= 15 is 0 Å². The van der Waals surface area contributed by atoms with E-state index in [1.54, 1.807) is 6.92 Å². The fourth-order valence-corrected chi connectivity index (χ4v) is 1.80. The second-order valence-corrected chi connectivity index (χ2v) is 5.52. The van der Waals surface area contributed by atoms with Gasteiger partial charge in [0.15, 0.2) is 0 Å². The van der Waals surface area contributed by atoms with Gasteiger partial charge >= 0.3 is 6.09 Å². The molecule has 1 rings (SSSR count). The first kappa shape index (κ1) is 18.0. The van der Waals surface area contributed by atoms with Crippen LogP contribution in [0.15, 0.2) is 30.3 Å². The number of hydrogen-bond donors (Lipinski definition) is 3. The van der Waals surface area contributed by atoms with Crippen LogP contribution in [0, 0.1) is 5.92 Å². The fourth-order valence-electron chi connectivity index (χ4n) is 1.80. The first-order chi connectivity index (χ1) is 10.4. The average Bonchev–Trinajstić information content (AvgIpc) is 2.51. The van der Waals surface area contributed by atoms with Crippen LogP contribution in [0.1, 0.15) is 26.3 Å². The number of rotatable bonds is 7. The Labute approximate surface area is 130 Å². The van der Waals surface area contributed by atoms with Crippen LogP contribution in [0.4, 0.5) is 4.79 Å². The van der Waals surface area contributed by atoms with Crippen molar-refractivity contribution in [1.29, 1.82) is 0 Å². The van der Waals surface area contributed by atoms with Gasteiger partial charge in [-0.05, 0) is 18.4 Å². The van der Waals surface area contributed by atoms with Gasteiger partial charge in [0, 0.05) is 6.04 Å². The molecule has 6 heteroatoms. The summed E-state index contributed by atoms with van der Waals surface area (Å²) in [6.07, 6.45) is -0.644. The van der Waals surface area contributed by atoms with Gasteiger partial charge < -0.3 is 20.5 Å². The lowest BCUT2D eigenvalue weighted by Gasteiger charge is -2.23. The molecule has 2 amide bonds. The van der Waals surface area contributed by atoms with Gasteiger partial charge in [-0.3, -0.25) is 4.79 Å². The van der Waals surface area contributed by atoms with E-state index in [1.165, 1.54) is 0 Å². The van der Waals surface area contributed by atoms with Gasteiger partial charge in [-0.1, -0.05) is 44.2 Å². The maximum absolute atomic E-state index is 12.1. The smallest absolute Gasteiger partial charge is 0.408 e. The molecule has 0 aliphatic heterocycles. The summed E-state index contributed by atoms with van der Waals surface area (Å²) in [4.78, 5) is 23.9. The molecule has 0 saturated heterocycles. The van der Waals surface area contributed by atoms with E-state index < -0.39 is 12.1 Å². The SMILES string of the molecule is CC(C)[C@H](NC(=O)OCc1ccccc1)C(=O)N[C@H](C)CO. The van der Waals surface area contributed by atoms with Crippen LogP contribution >= 0.6 is 0 Å². The number of ether oxygens (including phenoxy) is 1. The van der Waals surface area contributed by atoms with Crippen LogP contribution in [-0.4, -0.2) is 35.8 Å². The molecule has 0 aliphatic rings. The Hall–Kier alpha value is -2.08. The highest BCUT2D eigenvalue weighted by atomic mass is 16.5. The predicted molar refractivity (Wildman–Crippen MR) is 83.1 cm³/mol. The highest BCUT2D eigenvalue weighted by Crippen LogP contribution is 2.05. The normalized spacial score (nSPS) is 13.3. The Morgan fingerprint density at radius 1 is 1.14 bits per heavy atom. The van der Waals surface area contributed by atoms with Gasteiger partial charge in [0.1, 0.15) is 12.6 Å². The predicted octanol–water partition coefficient (Wildman–Crippen LogP) is 1.43. The molecule has 3 N–H and O–H groups in total. The maximum atomic E-state index is 12.1. The molecule has 0 spiro atoms. The number of alkyl carbamates (subject to hydrolysis) is 1. The zero-order chi connectivity index (χ0) is 16.5.